The second-order valence-corrected chi connectivity index (χ2v) is 8.67. The van der Waals surface area contributed by atoms with Gasteiger partial charge in [-0.15, -0.1) is 0 Å². The van der Waals surface area contributed by atoms with Gasteiger partial charge in [0.15, 0.2) is 5.76 Å². The molecule has 188 valence electrons. The number of hydrogen-bond acceptors (Lipinski definition) is 5. The average Bonchev–Trinajstić information content (AvgIpc) is 3.55. The number of aromatic nitrogens is 2. The molecule has 0 atom stereocenters. The number of ether oxygens (including phenoxy) is 2. The number of methoxy groups -OCH3 is 1. The third-order valence-electron chi connectivity index (χ3n) is 6.13. The molecule has 1 amide bonds. The Hall–Kier alpha value is -4.04. The SMILES string of the molecule is COCCn1c(C)cc(C=NNC(=O)c2ccc(COc3ccc(-n4c(C)ccc4C)cc3)o2)c1C. The third kappa shape index (κ3) is 5.60. The van der Waals surface area contributed by atoms with Gasteiger partial charge in [0.05, 0.1) is 12.8 Å². The van der Waals surface area contributed by atoms with Gasteiger partial charge in [-0.1, -0.05) is 0 Å². The highest BCUT2D eigenvalue weighted by atomic mass is 16.5. The molecule has 3 aromatic heterocycles. The monoisotopic (exact) mass is 488 g/mol. The Morgan fingerprint density at radius 2 is 1.72 bits per heavy atom. The molecule has 3 heterocycles. The Balaban J connectivity index is 1.31. The molecule has 4 rings (SSSR count). The van der Waals surface area contributed by atoms with Crippen LogP contribution >= 0.6 is 0 Å². The zero-order chi connectivity index (χ0) is 25.7. The summed E-state index contributed by atoms with van der Waals surface area (Å²) in [5.41, 5.74) is 9.07. The number of carbonyl (C=O) groups is 1. The second kappa shape index (κ2) is 11.1. The molecule has 0 saturated carbocycles. The number of hydrazone groups is 1. The molecule has 0 aliphatic heterocycles. The number of hydrogen-bond donors (Lipinski definition) is 1. The number of furan rings is 1. The van der Waals surface area contributed by atoms with Crippen LogP contribution in [0.3, 0.4) is 0 Å². The molecule has 0 saturated heterocycles. The molecule has 0 unspecified atom stereocenters. The summed E-state index contributed by atoms with van der Waals surface area (Å²) in [5.74, 6) is 1.01. The molecule has 0 aliphatic rings. The van der Waals surface area contributed by atoms with Crippen LogP contribution in [0.15, 0.2) is 64.1 Å². The van der Waals surface area contributed by atoms with E-state index >= 15 is 0 Å². The molecule has 0 radical (unpaired) electrons. The van der Waals surface area contributed by atoms with E-state index in [0.29, 0.717) is 12.4 Å². The Morgan fingerprint density at radius 3 is 2.42 bits per heavy atom. The molecular weight excluding hydrogens is 456 g/mol. The predicted octanol–water partition coefficient (Wildman–Crippen LogP) is 5.09. The number of nitrogens with zero attached hydrogens (tertiary/aromatic N) is 3. The van der Waals surface area contributed by atoms with Gasteiger partial charge in [0.1, 0.15) is 18.1 Å². The van der Waals surface area contributed by atoms with Crippen molar-refractivity contribution in [1.82, 2.24) is 14.6 Å². The standard InChI is InChI=1S/C28H32N4O4/c1-19-6-7-20(2)32(19)24-8-10-25(11-9-24)35-18-26-12-13-27(36-26)28(33)30-29-17-23-16-21(3)31(22(23)4)14-15-34-5/h6-13,16-17H,14-15,18H2,1-5H3,(H,30,33). The van der Waals surface area contributed by atoms with Crippen molar-refractivity contribution in [3.8, 4) is 11.4 Å². The molecule has 0 aliphatic carbocycles. The molecule has 8 heteroatoms. The first-order valence-corrected chi connectivity index (χ1v) is 11.8. The first-order chi connectivity index (χ1) is 17.4. The topological polar surface area (TPSA) is 82.9 Å². The van der Waals surface area contributed by atoms with Crippen molar-refractivity contribution in [2.75, 3.05) is 13.7 Å². The summed E-state index contributed by atoms with van der Waals surface area (Å²) >= 11 is 0. The zero-order valence-corrected chi connectivity index (χ0v) is 21.4. The fourth-order valence-corrected chi connectivity index (χ4v) is 4.20. The number of carbonyl (C=O) groups excluding carboxylic acids is 1. The van der Waals surface area contributed by atoms with Gasteiger partial charge in [-0.25, -0.2) is 5.43 Å². The maximum atomic E-state index is 12.4. The molecule has 0 fully saturated rings. The van der Waals surface area contributed by atoms with Gasteiger partial charge < -0.3 is 23.0 Å². The lowest BCUT2D eigenvalue weighted by Gasteiger charge is -2.10. The lowest BCUT2D eigenvalue weighted by atomic mass is 10.3. The summed E-state index contributed by atoms with van der Waals surface area (Å²) < 4.78 is 21.0. The predicted molar refractivity (Wildman–Crippen MR) is 139 cm³/mol. The number of rotatable bonds is 10. The van der Waals surface area contributed by atoms with E-state index in [9.17, 15) is 4.79 Å². The number of nitrogens with one attached hydrogen (secondary N) is 1. The smallest absolute Gasteiger partial charge is 0.307 e. The van der Waals surface area contributed by atoms with Crippen LogP contribution in [0.4, 0.5) is 0 Å². The van der Waals surface area contributed by atoms with Gasteiger partial charge in [0, 0.05) is 47.7 Å². The Bertz CT molecular complexity index is 1340. The molecule has 0 bridgehead atoms. The van der Waals surface area contributed by atoms with E-state index in [4.69, 9.17) is 13.9 Å². The number of aryl methyl sites for hydroxylation is 3. The Morgan fingerprint density at radius 1 is 1.00 bits per heavy atom. The maximum Gasteiger partial charge on any atom is 0.307 e. The summed E-state index contributed by atoms with van der Waals surface area (Å²) in [5, 5.41) is 4.10. The fourth-order valence-electron chi connectivity index (χ4n) is 4.20. The van der Waals surface area contributed by atoms with Crippen molar-refractivity contribution < 1.29 is 18.7 Å². The summed E-state index contributed by atoms with van der Waals surface area (Å²) in [6.07, 6.45) is 1.64. The van der Waals surface area contributed by atoms with E-state index in [2.05, 4.69) is 45.6 Å². The Labute approximate surface area is 211 Å². The van der Waals surface area contributed by atoms with Crippen molar-refractivity contribution in [2.45, 2.75) is 40.8 Å². The molecule has 1 aromatic carbocycles. The highest BCUT2D eigenvalue weighted by Gasteiger charge is 2.12. The van der Waals surface area contributed by atoms with E-state index in [1.165, 1.54) is 11.4 Å². The van der Waals surface area contributed by atoms with Crippen LogP contribution in [-0.2, 0) is 17.9 Å². The highest BCUT2D eigenvalue weighted by molar-refractivity contribution is 5.92. The van der Waals surface area contributed by atoms with Crippen LogP contribution in [0.25, 0.3) is 5.69 Å². The first-order valence-electron chi connectivity index (χ1n) is 11.8. The highest BCUT2D eigenvalue weighted by Crippen LogP contribution is 2.21. The van der Waals surface area contributed by atoms with Crippen molar-refractivity contribution in [2.24, 2.45) is 5.10 Å². The number of amides is 1. The largest absolute Gasteiger partial charge is 0.486 e. The normalized spacial score (nSPS) is 11.4. The van der Waals surface area contributed by atoms with Crippen molar-refractivity contribution in [1.29, 1.82) is 0 Å². The molecule has 4 aromatic rings. The van der Waals surface area contributed by atoms with Gasteiger partial charge >= 0.3 is 5.91 Å². The van der Waals surface area contributed by atoms with Crippen molar-refractivity contribution >= 4 is 12.1 Å². The quantitative estimate of drug-likeness (QED) is 0.249. The van der Waals surface area contributed by atoms with Gasteiger partial charge in [-0.05, 0) is 82.3 Å². The molecule has 36 heavy (non-hydrogen) atoms. The van der Waals surface area contributed by atoms with E-state index in [1.54, 1.807) is 25.5 Å². The van der Waals surface area contributed by atoms with Crippen LogP contribution in [0.1, 0.15) is 44.7 Å². The summed E-state index contributed by atoms with van der Waals surface area (Å²) in [6.45, 7) is 9.82. The number of benzene rings is 1. The maximum absolute atomic E-state index is 12.4. The minimum Gasteiger partial charge on any atom is -0.486 e. The van der Waals surface area contributed by atoms with E-state index in [1.807, 2.05) is 44.2 Å². The first kappa shape index (κ1) is 25.1. The third-order valence-corrected chi connectivity index (χ3v) is 6.13. The van der Waals surface area contributed by atoms with Gasteiger partial charge in [0.2, 0.25) is 0 Å². The minimum absolute atomic E-state index is 0.172. The Kier molecular flexibility index (Phi) is 7.75. The molecule has 0 spiro atoms. The van der Waals surface area contributed by atoms with E-state index in [-0.39, 0.29) is 12.4 Å². The van der Waals surface area contributed by atoms with Crippen LogP contribution in [0, 0.1) is 27.7 Å². The van der Waals surface area contributed by atoms with E-state index in [0.717, 1.165) is 34.9 Å². The average molecular weight is 489 g/mol. The van der Waals surface area contributed by atoms with Crippen molar-refractivity contribution in [3.05, 3.63) is 94.5 Å². The fraction of sp³-hybridized carbons (Fsp3) is 0.286. The molecular formula is C28H32N4O4. The second-order valence-electron chi connectivity index (χ2n) is 8.67. The van der Waals surface area contributed by atoms with Crippen molar-refractivity contribution in [3.63, 3.8) is 0 Å². The lowest BCUT2D eigenvalue weighted by Crippen LogP contribution is -2.16. The summed E-state index contributed by atoms with van der Waals surface area (Å²) in [7, 11) is 1.68. The zero-order valence-electron chi connectivity index (χ0n) is 21.4. The molecule has 8 nitrogen and oxygen atoms in total. The molecule has 1 N–H and O–H groups in total. The van der Waals surface area contributed by atoms with Gasteiger partial charge in [-0.3, -0.25) is 4.79 Å². The van der Waals surface area contributed by atoms with Gasteiger partial charge in [-0.2, -0.15) is 5.10 Å². The van der Waals surface area contributed by atoms with Gasteiger partial charge in [0.25, 0.3) is 0 Å². The van der Waals surface area contributed by atoms with Crippen LogP contribution in [-0.4, -0.2) is 35.0 Å². The van der Waals surface area contributed by atoms with E-state index < -0.39 is 5.91 Å². The minimum atomic E-state index is -0.424. The lowest BCUT2D eigenvalue weighted by molar-refractivity contribution is 0.0923. The summed E-state index contributed by atoms with van der Waals surface area (Å²) in [4.78, 5) is 12.4. The van der Waals surface area contributed by atoms with Crippen LogP contribution < -0.4 is 10.2 Å². The van der Waals surface area contributed by atoms with Crippen LogP contribution in [0.5, 0.6) is 5.75 Å². The summed E-state index contributed by atoms with van der Waals surface area (Å²) in [6, 6.07) is 17.4. The van der Waals surface area contributed by atoms with Crippen LogP contribution in [0.2, 0.25) is 0 Å².